The molecule has 0 N–H and O–H groups in total. The molecule has 14 heavy (non-hydrogen) atoms. The number of rotatable bonds is 2. The van der Waals surface area contributed by atoms with Crippen molar-refractivity contribution in [2.75, 3.05) is 0 Å². The van der Waals surface area contributed by atoms with Crippen molar-refractivity contribution in [3.8, 4) is 6.07 Å². The minimum absolute atomic E-state index is 0.176. The highest BCUT2D eigenvalue weighted by molar-refractivity contribution is 9.10. The van der Waals surface area contributed by atoms with E-state index in [1.54, 1.807) is 6.20 Å². The van der Waals surface area contributed by atoms with Crippen molar-refractivity contribution in [3.05, 3.63) is 22.2 Å². The van der Waals surface area contributed by atoms with Gasteiger partial charge in [0.2, 0.25) is 0 Å². The van der Waals surface area contributed by atoms with Crippen LogP contribution < -0.4 is 0 Å². The van der Waals surface area contributed by atoms with Crippen LogP contribution in [0.1, 0.15) is 43.1 Å². The molecule has 0 aromatic carbocycles. The molecule has 1 saturated carbocycles. The van der Waals surface area contributed by atoms with Gasteiger partial charge in [0.25, 0.3) is 0 Å². The van der Waals surface area contributed by atoms with Gasteiger partial charge < -0.3 is 0 Å². The molecule has 0 spiro atoms. The predicted molar refractivity (Wildman–Crippen MR) is 55.7 cm³/mol. The Labute approximate surface area is 91.3 Å². The van der Waals surface area contributed by atoms with Crippen molar-refractivity contribution in [2.45, 2.75) is 31.6 Å². The van der Waals surface area contributed by atoms with Gasteiger partial charge in [0.05, 0.1) is 22.2 Å². The van der Waals surface area contributed by atoms with Crippen molar-refractivity contribution in [3.63, 3.8) is 0 Å². The molecule has 1 aliphatic carbocycles. The summed E-state index contributed by atoms with van der Waals surface area (Å²) < 4.78 is 0.830. The normalized spacial score (nSPS) is 17.5. The molecule has 72 valence electrons. The maximum Gasteiger partial charge on any atom is 0.131 e. The molecule has 1 aliphatic rings. The highest BCUT2D eigenvalue weighted by Crippen LogP contribution is 2.38. The van der Waals surface area contributed by atoms with E-state index in [-0.39, 0.29) is 5.92 Å². The van der Waals surface area contributed by atoms with Gasteiger partial charge in [0.1, 0.15) is 5.82 Å². The van der Waals surface area contributed by atoms with Crippen LogP contribution in [0.3, 0.4) is 0 Å². The van der Waals surface area contributed by atoms with Gasteiger partial charge in [-0.3, -0.25) is 0 Å². The summed E-state index contributed by atoms with van der Waals surface area (Å²) in [6.07, 6.45) is 4.12. The Balaban J connectivity index is 2.37. The van der Waals surface area contributed by atoms with Crippen molar-refractivity contribution in [1.29, 1.82) is 5.26 Å². The lowest BCUT2D eigenvalue weighted by Gasteiger charge is -2.06. The first kappa shape index (κ1) is 9.60. The molecule has 1 unspecified atom stereocenters. The monoisotopic (exact) mass is 251 g/mol. The minimum atomic E-state index is -0.176. The van der Waals surface area contributed by atoms with Crippen LogP contribution in [-0.4, -0.2) is 9.97 Å². The standard InChI is InChI=1S/C10H10BrN3/c1-6(4-12)9-8(11)5-13-10(14-9)7-2-3-7/h5-7H,2-3H2,1H3. The van der Waals surface area contributed by atoms with Gasteiger partial charge in [-0.2, -0.15) is 5.26 Å². The molecule has 4 heteroatoms. The third-order valence-corrected chi connectivity index (χ3v) is 2.95. The van der Waals surface area contributed by atoms with Crippen molar-refractivity contribution in [2.24, 2.45) is 0 Å². The molecule has 1 heterocycles. The second-order valence-electron chi connectivity index (χ2n) is 3.59. The van der Waals surface area contributed by atoms with E-state index in [1.807, 2.05) is 6.92 Å². The number of nitriles is 1. The van der Waals surface area contributed by atoms with Crippen LogP contribution in [0, 0.1) is 11.3 Å². The molecule has 0 bridgehead atoms. The Morgan fingerprint density at radius 3 is 2.93 bits per heavy atom. The lowest BCUT2D eigenvalue weighted by Crippen LogP contribution is -2.01. The Hall–Kier alpha value is -0.950. The van der Waals surface area contributed by atoms with Crippen molar-refractivity contribution < 1.29 is 0 Å². The molecule has 2 rings (SSSR count). The zero-order valence-corrected chi connectivity index (χ0v) is 9.45. The topological polar surface area (TPSA) is 49.6 Å². The summed E-state index contributed by atoms with van der Waals surface area (Å²) in [5, 5.41) is 8.83. The molecular formula is C10H10BrN3. The van der Waals surface area contributed by atoms with Crippen LogP contribution in [0.25, 0.3) is 0 Å². The molecular weight excluding hydrogens is 242 g/mol. The summed E-state index contributed by atoms with van der Waals surface area (Å²) in [6.45, 7) is 1.85. The number of halogens is 1. The van der Waals surface area contributed by atoms with Crippen molar-refractivity contribution >= 4 is 15.9 Å². The highest BCUT2D eigenvalue weighted by Gasteiger charge is 2.27. The molecule has 1 aromatic rings. The molecule has 0 amide bonds. The maximum absolute atomic E-state index is 8.83. The Morgan fingerprint density at radius 2 is 2.36 bits per heavy atom. The fourth-order valence-corrected chi connectivity index (χ4v) is 1.83. The molecule has 0 radical (unpaired) electrons. The first-order chi connectivity index (χ1) is 6.72. The first-order valence-electron chi connectivity index (χ1n) is 4.64. The van der Waals surface area contributed by atoms with E-state index in [2.05, 4.69) is 32.0 Å². The van der Waals surface area contributed by atoms with Crippen LogP contribution in [0.2, 0.25) is 0 Å². The molecule has 3 nitrogen and oxygen atoms in total. The SMILES string of the molecule is CC(C#N)c1nc(C2CC2)ncc1Br. The molecule has 0 saturated heterocycles. The third kappa shape index (κ3) is 1.78. The van der Waals surface area contributed by atoms with Crippen molar-refractivity contribution in [1.82, 2.24) is 9.97 Å². The summed E-state index contributed by atoms with van der Waals surface area (Å²) in [4.78, 5) is 8.67. The zero-order chi connectivity index (χ0) is 10.1. The summed E-state index contributed by atoms with van der Waals surface area (Å²) in [5.41, 5.74) is 0.810. The van der Waals surface area contributed by atoms with Gasteiger partial charge in [-0.05, 0) is 35.7 Å². The van der Waals surface area contributed by atoms with Crippen LogP contribution >= 0.6 is 15.9 Å². The van der Waals surface area contributed by atoms with Crippen LogP contribution in [-0.2, 0) is 0 Å². The van der Waals surface area contributed by atoms with Crippen LogP contribution in [0.5, 0.6) is 0 Å². The third-order valence-electron chi connectivity index (χ3n) is 2.34. The largest absolute Gasteiger partial charge is 0.240 e. The van der Waals surface area contributed by atoms with Gasteiger partial charge >= 0.3 is 0 Å². The zero-order valence-electron chi connectivity index (χ0n) is 7.87. The van der Waals surface area contributed by atoms with Gasteiger partial charge in [-0.25, -0.2) is 9.97 Å². The van der Waals surface area contributed by atoms with Crippen LogP contribution in [0.4, 0.5) is 0 Å². The Bertz CT molecular complexity index is 393. The number of nitrogens with zero attached hydrogens (tertiary/aromatic N) is 3. The highest BCUT2D eigenvalue weighted by atomic mass is 79.9. The molecule has 1 fully saturated rings. The predicted octanol–water partition coefficient (Wildman–Crippen LogP) is 2.74. The number of hydrogen-bond acceptors (Lipinski definition) is 3. The molecule has 0 aliphatic heterocycles. The average molecular weight is 252 g/mol. The maximum atomic E-state index is 8.83. The quantitative estimate of drug-likeness (QED) is 0.813. The number of hydrogen-bond donors (Lipinski definition) is 0. The lowest BCUT2D eigenvalue weighted by molar-refractivity contribution is 0.831. The molecule has 1 aromatic heterocycles. The average Bonchev–Trinajstić information content (AvgIpc) is 3.01. The van der Waals surface area contributed by atoms with E-state index < -0.39 is 0 Å². The van der Waals surface area contributed by atoms with E-state index in [0.717, 1.165) is 16.0 Å². The van der Waals surface area contributed by atoms with E-state index in [9.17, 15) is 0 Å². The smallest absolute Gasteiger partial charge is 0.131 e. The van der Waals surface area contributed by atoms with E-state index in [0.29, 0.717) is 5.92 Å². The van der Waals surface area contributed by atoms with Gasteiger partial charge in [0.15, 0.2) is 0 Å². The summed E-state index contributed by atoms with van der Waals surface area (Å²) in [5.74, 6) is 1.25. The van der Waals surface area contributed by atoms with E-state index in [4.69, 9.17) is 5.26 Å². The molecule has 1 atom stereocenters. The van der Waals surface area contributed by atoms with E-state index in [1.165, 1.54) is 12.8 Å². The number of aromatic nitrogens is 2. The van der Waals surface area contributed by atoms with Gasteiger partial charge in [-0.15, -0.1) is 0 Å². The second-order valence-corrected chi connectivity index (χ2v) is 4.44. The first-order valence-corrected chi connectivity index (χ1v) is 5.43. The van der Waals surface area contributed by atoms with Gasteiger partial charge in [0, 0.05) is 12.1 Å². The minimum Gasteiger partial charge on any atom is -0.240 e. The second kappa shape index (κ2) is 3.66. The summed E-state index contributed by atoms with van der Waals surface area (Å²) >= 11 is 3.37. The lowest BCUT2D eigenvalue weighted by atomic mass is 10.1. The Morgan fingerprint density at radius 1 is 1.64 bits per heavy atom. The Kier molecular flexibility index (Phi) is 2.51. The van der Waals surface area contributed by atoms with E-state index >= 15 is 0 Å². The fourth-order valence-electron chi connectivity index (χ4n) is 1.30. The van der Waals surface area contributed by atoms with Crippen LogP contribution in [0.15, 0.2) is 10.7 Å². The summed E-state index contributed by atoms with van der Waals surface area (Å²) in [7, 11) is 0. The fraction of sp³-hybridized carbons (Fsp3) is 0.500. The summed E-state index contributed by atoms with van der Waals surface area (Å²) in [6, 6.07) is 2.19. The van der Waals surface area contributed by atoms with Gasteiger partial charge in [-0.1, -0.05) is 0 Å².